The van der Waals surface area contributed by atoms with Gasteiger partial charge in [-0.15, -0.1) is 0 Å². The van der Waals surface area contributed by atoms with E-state index in [1.165, 1.54) is 0 Å². The molecule has 1 rings (SSSR count). The van der Waals surface area contributed by atoms with E-state index in [0.29, 0.717) is 12.0 Å². The van der Waals surface area contributed by atoms with Gasteiger partial charge in [-0.05, 0) is 23.1 Å². The van der Waals surface area contributed by atoms with Gasteiger partial charge in [-0.1, -0.05) is 48.8 Å². The molecular formula is C14H19BrN2O2. The van der Waals surface area contributed by atoms with Crippen molar-refractivity contribution in [2.75, 3.05) is 0 Å². The fraction of sp³-hybridized carbons (Fsp3) is 0.429. The van der Waals surface area contributed by atoms with Crippen molar-refractivity contribution >= 4 is 27.7 Å². The Balaban J connectivity index is 2.85. The number of rotatable bonds is 4. The number of hydrogen-bond donors (Lipinski definition) is 2. The summed E-state index contributed by atoms with van der Waals surface area (Å²) in [7, 11) is 0. The van der Waals surface area contributed by atoms with Crippen molar-refractivity contribution in [2.24, 2.45) is 11.1 Å². The van der Waals surface area contributed by atoms with Gasteiger partial charge in [-0.2, -0.15) is 0 Å². The van der Waals surface area contributed by atoms with Crippen molar-refractivity contribution in [1.29, 1.82) is 0 Å². The summed E-state index contributed by atoms with van der Waals surface area (Å²) >= 11 is 3.33. The minimum atomic E-state index is -0.799. The monoisotopic (exact) mass is 326 g/mol. The largest absolute Gasteiger partial charge is 0.368 e. The molecule has 0 aliphatic rings. The minimum absolute atomic E-state index is 0.135. The summed E-state index contributed by atoms with van der Waals surface area (Å²) in [6.45, 7) is 5.89. The number of primary amides is 1. The second-order valence-electron chi connectivity index (χ2n) is 5.70. The molecule has 4 nitrogen and oxygen atoms in total. The molecule has 0 spiro atoms. The van der Waals surface area contributed by atoms with Crippen molar-refractivity contribution < 1.29 is 9.59 Å². The Morgan fingerprint density at radius 2 is 2.00 bits per heavy atom. The highest BCUT2D eigenvalue weighted by atomic mass is 79.9. The van der Waals surface area contributed by atoms with E-state index in [2.05, 4.69) is 21.2 Å². The molecule has 19 heavy (non-hydrogen) atoms. The van der Waals surface area contributed by atoms with Crippen LogP contribution in [0.5, 0.6) is 0 Å². The predicted octanol–water partition coefficient (Wildman–Crippen LogP) is 2.53. The van der Waals surface area contributed by atoms with E-state index in [-0.39, 0.29) is 11.3 Å². The summed E-state index contributed by atoms with van der Waals surface area (Å²) in [6, 6.07) is 6.38. The zero-order chi connectivity index (χ0) is 14.6. The molecule has 3 N–H and O–H groups in total. The maximum Gasteiger partial charge on any atom is 0.244 e. The number of amides is 2. The predicted molar refractivity (Wildman–Crippen MR) is 78.3 cm³/mol. The van der Waals surface area contributed by atoms with Crippen molar-refractivity contribution in [3.8, 4) is 0 Å². The van der Waals surface area contributed by atoms with Crippen LogP contribution in [0.1, 0.15) is 38.8 Å². The van der Waals surface area contributed by atoms with Gasteiger partial charge in [0.25, 0.3) is 0 Å². The fourth-order valence-electron chi connectivity index (χ4n) is 1.70. The normalized spacial score (nSPS) is 12.8. The molecule has 0 radical (unpaired) electrons. The van der Waals surface area contributed by atoms with Crippen molar-refractivity contribution in [3.05, 3.63) is 34.3 Å². The first-order valence-electron chi connectivity index (χ1n) is 6.03. The molecule has 0 unspecified atom stereocenters. The molecule has 1 aromatic carbocycles. The Labute approximate surface area is 121 Å². The highest BCUT2D eigenvalue weighted by Gasteiger charge is 2.23. The van der Waals surface area contributed by atoms with Gasteiger partial charge in [0, 0.05) is 10.9 Å². The van der Waals surface area contributed by atoms with Crippen LogP contribution in [-0.2, 0) is 9.59 Å². The van der Waals surface area contributed by atoms with Crippen LogP contribution in [-0.4, -0.2) is 11.8 Å². The molecule has 0 fully saturated rings. The lowest BCUT2D eigenvalue weighted by molar-refractivity contribution is -0.128. The van der Waals surface area contributed by atoms with Crippen LogP contribution < -0.4 is 11.1 Å². The summed E-state index contributed by atoms with van der Waals surface area (Å²) in [6.07, 6.45) is 0.338. The standard InChI is InChI=1S/C14H19BrN2O2/c1-14(2,3)8-11(18)17-12(13(16)19)9-5-4-6-10(15)7-9/h4-7,12H,8H2,1-3H3,(H2,16,19)(H,17,18)/t12-/m1/s1. The first kappa shape index (κ1) is 15.7. The van der Waals surface area contributed by atoms with Crippen LogP contribution in [0, 0.1) is 5.41 Å². The summed E-state index contributed by atoms with van der Waals surface area (Å²) in [5.74, 6) is -0.753. The maximum absolute atomic E-state index is 11.9. The Hall–Kier alpha value is -1.36. The quantitative estimate of drug-likeness (QED) is 0.892. The van der Waals surface area contributed by atoms with Crippen LogP contribution in [0.25, 0.3) is 0 Å². The molecule has 0 aromatic heterocycles. The van der Waals surface area contributed by atoms with Crippen LogP contribution in [0.3, 0.4) is 0 Å². The molecule has 0 saturated heterocycles. The number of benzene rings is 1. The van der Waals surface area contributed by atoms with Gasteiger partial charge in [0.05, 0.1) is 0 Å². The van der Waals surface area contributed by atoms with Crippen LogP contribution in [0.15, 0.2) is 28.7 Å². The molecule has 0 heterocycles. The fourth-order valence-corrected chi connectivity index (χ4v) is 2.12. The second kappa shape index (κ2) is 6.19. The molecule has 0 aliphatic heterocycles. The topological polar surface area (TPSA) is 72.2 Å². The summed E-state index contributed by atoms with van der Waals surface area (Å²) in [5, 5.41) is 2.68. The molecule has 0 aliphatic carbocycles. The average Bonchev–Trinajstić information content (AvgIpc) is 2.23. The lowest BCUT2D eigenvalue weighted by Crippen LogP contribution is -2.38. The number of nitrogens with one attached hydrogen (secondary N) is 1. The molecular weight excluding hydrogens is 308 g/mol. The summed E-state index contributed by atoms with van der Waals surface area (Å²) < 4.78 is 0.835. The molecule has 0 bridgehead atoms. The van der Waals surface area contributed by atoms with Gasteiger partial charge in [-0.25, -0.2) is 0 Å². The number of carbonyl (C=O) groups is 2. The van der Waals surface area contributed by atoms with Crippen molar-refractivity contribution in [3.63, 3.8) is 0 Å². The van der Waals surface area contributed by atoms with Gasteiger partial charge in [0.15, 0.2) is 0 Å². The molecule has 1 aromatic rings. The van der Waals surface area contributed by atoms with Gasteiger partial charge >= 0.3 is 0 Å². The molecule has 0 saturated carbocycles. The molecule has 5 heteroatoms. The van der Waals surface area contributed by atoms with Crippen LogP contribution in [0.2, 0.25) is 0 Å². The summed E-state index contributed by atoms with van der Waals surface area (Å²) in [5.41, 5.74) is 5.90. The zero-order valence-corrected chi connectivity index (χ0v) is 13.0. The Morgan fingerprint density at radius 1 is 1.37 bits per heavy atom. The van der Waals surface area contributed by atoms with E-state index < -0.39 is 11.9 Å². The Morgan fingerprint density at radius 3 is 2.47 bits per heavy atom. The molecule has 1 atom stereocenters. The lowest BCUT2D eigenvalue weighted by atomic mass is 9.91. The summed E-state index contributed by atoms with van der Waals surface area (Å²) in [4.78, 5) is 23.4. The number of halogens is 1. The first-order valence-corrected chi connectivity index (χ1v) is 6.82. The van der Waals surface area contributed by atoms with Crippen LogP contribution in [0.4, 0.5) is 0 Å². The molecule has 2 amide bonds. The van der Waals surface area contributed by atoms with Gasteiger partial charge < -0.3 is 11.1 Å². The number of carbonyl (C=O) groups excluding carboxylic acids is 2. The zero-order valence-electron chi connectivity index (χ0n) is 11.4. The molecule has 104 valence electrons. The highest BCUT2D eigenvalue weighted by molar-refractivity contribution is 9.10. The third-order valence-electron chi connectivity index (χ3n) is 2.46. The second-order valence-corrected chi connectivity index (χ2v) is 6.61. The number of hydrogen-bond acceptors (Lipinski definition) is 2. The lowest BCUT2D eigenvalue weighted by Gasteiger charge is -2.21. The van der Waals surface area contributed by atoms with Gasteiger partial charge in [0.1, 0.15) is 6.04 Å². The van der Waals surface area contributed by atoms with E-state index in [4.69, 9.17) is 5.73 Å². The third kappa shape index (κ3) is 5.42. The van der Waals surface area contributed by atoms with Gasteiger partial charge in [-0.3, -0.25) is 9.59 Å². The van der Waals surface area contributed by atoms with Crippen molar-refractivity contribution in [2.45, 2.75) is 33.2 Å². The van der Waals surface area contributed by atoms with E-state index in [1.54, 1.807) is 18.2 Å². The Kier molecular flexibility index (Phi) is 5.11. The maximum atomic E-state index is 11.9. The SMILES string of the molecule is CC(C)(C)CC(=O)N[C@@H](C(N)=O)c1cccc(Br)c1. The smallest absolute Gasteiger partial charge is 0.244 e. The van der Waals surface area contributed by atoms with Crippen LogP contribution >= 0.6 is 15.9 Å². The average molecular weight is 327 g/mol. The van der Waals surface area contributed by atoms with E-state index in [0.717, 1.165) is 4.47 Å². The van der Waals surface area contributed by atoms with Crippen molar-refractivity contribution in [1.82, 2.24) is 5.32 Å². The van der Waals surface area contributed by atoms with E-state index >= 15 is 0 Å². The van der Waals surface area contributed by atoms with Gasteiger partial charge in [0.2, 0.25) is 11.8 Å². The Bertz CT molecular complexity index is 481. The highest BCUT2D eigenvalue weighted by Crippen LogP contribution is 2.21. The minimum Gasteiger partial charge on any atom is -0.368 e. The van der Waals surface area contributed by atoms with E-state index in [9.17, 15) is 9.59 Å². The van der Waals surface area contributed by atoms with E-state index in [1.807, 2.05) is 26.8 Å². The first-order chi connectivity index (χ1) is 8.69. The third-order valence-corrected chi connectivity index (χ3v) is 2.96. The number of nitrogens with two attached hydrogens (primary N) is 1.